The predicted octanol–water partition coefficient (Wildman–Crippen LogP) is 2.37. The van der Waals surface area contributed by atoms with Gasteiger partial charge in [0, 0.05) is 12.1 Å². The summed E-state index contributed by atoms with van der Waals surface area (Å²) >= 11 is 0. The van der Waals surface area contributed by atoms with Crippen LogP contribution in [0.1, 0.15) is 27.0 Å². The van der Waals surface area contributed by atoms with Crippen molar-refractivity contribution < 1.29 is 19.1 Å². The van der Waals surface area contributed by atoms with E-state index in [0.29, 0.717) is 23.6 Å². The van der Waals surface area contributed by atoms with Crippen LogP contribution in [0.15, 0.2) is 36.4 Å². The summed E-state index contributed by atoms with van der Waals surface area (Å²) in [5.74, 6) is 0.692. The summed E-state index contributed by atoms with van der Waals surface area (Å²) in [5.41, 5.74) is 3.57. The van der Waals surface area contributed by atoms with Crippen LogP contribution < -0.4 is 20.1 Å². The van der Waals surface area contributed by atoms with Crippen molar-refractivity contribution in [2.45, 2.75) is 20.4 Å². The fourth-order valence-corrected chi connectivity index (χ4v) is 2.40. The van der Waals surface area contributed by atoms with Crippen LogP contribution in [0.3, 0.4) is 0 Å². The Morgan fingerprint density at radius 2 is 1.62 bits per heavy atom. The summed E-state index contributed by atoms with van der Waals surface area (Å²) in [4.78, 5) is 24.1. The van der Waals surface area contributed by atoms with Crippen LogP contribution in [0.5, 0.6) is 11.5 Å². The molecule has 0 aliphatic carbocycles. The average Bonchev–Trinajstić information content (AvgIpc) is 2.66. The molecule has 0 saturated heterocycles. The lowest BCUT2D eigenvalue weighted by Crippen LogP contribution is -2.36. The Morgan fingerprint density at radius 1 is 0.885 bits per heavy atom. The third-order valence-electron chi connectivity index (χ3n) is 4.12. The molecule has 2 aromatic carbocycles. The molecule has 2 N–H and O–H groups in total. The lowest BCUT2D eigenvalue weighted by Gasteiger charge is -2.11. The maximum atomic E-state index is 12.1. The van der Waals surface area contributed by atoms with Gasteiger partial charge in [0.15, 0.2) is 11.5 Å². The first kappa shape index (κ1) is 19.3. The maximum Gasteiger partial charge on any atom is 0.251 e. The number of carbonyl (C=O) groups is 2. The molecule has 2 amide bonds. The van der Waals surface area contributed by atoms with Crippen LogP contribution in [0.25, 0.3) is 0 Å². The number of benzene rings is 2. The lowest BCUT2D eigenvalue weighted by atomic mass is 10.1. The Bertz CT molecular complexity index is 802. The summed E-state index contributed by atoms with van der Waals surface area (Å²) in [6, 6.07) is 10.9. The van der Waals surface area contributed by atoms with Gasteiger partial charge in [-0.2, -0.15) is 0 Å². The van der Waals surface area contributed by atoms with Crippen LogP contribution in [-0.2, 0) is 11.3 Å². The van der Waals surface area contributed by atoms with Gasteiger partial charge < -0.3 is 20.1 Å². The standard InChI is InChI=1S/C20H24N2O4/c1-13-5-7-16(9-14(13)2)20(24)22-12-19(23)21-11-15-6-8-17(25-3)18(10-15)26-4/h5-10H,11-12H2,1-4H3,(H,21,23)(H,22,24). The van der Waals surface area contributed by atoms with Gasteiger partial charge in [-0.1, -0.05) is 12.1 Å². The number of methoxy groups -OCH3 is 2. The Hall–Kier alpha value is -3.02. The third kappa shape index (κ3) is 4.99. The van der Waals surface area contributed by atoms with Gasteiger partial charge in [-0.25, -0.2) is 0 Å². The van der Waals surface area contributed by atoms with Crippen molar-refractivity contribution in [1.82, 2.24) is 10.6 Å². The summed E-state index contributed by atoms with van der Waals surface area (Å²) in [7, 11) is 3.13. The SMILES string of the molecule is COc1ccc(CNC(=O)CNC(=O)c2ccc(C)c(C)c2)cc1OC. The highest BCUT2D eigenvalue weighted by atomic mass is 16.5. The molecule has 26 heavy (non-hydrogen) atoms. The number of hydrogen-bond acceptors (Lipinski definition) is 4. The fraction of sp³-hybridized carbons (Fsp3) is 0.300. The quantitative estimate of drug-likeness (QED) is 0.798. The van der Waals surface area contributed by atoms with Crippen LogP contribution >= 0.6 is 0 Å². The summed E-state index contributed by atoms with van der Waals surface area (Å²) in [6.07, 6.45) is 0. The van der Waals surface area contributed by atoms with Gasteiger partial charge in [0.25, 0.3) is 5.91 Å². The smallest absolute Gasteiger partial charge is 0.251 e. The topological polar surface area (TPSA) is 76.7 Å². The molecule has 6 heteroatoms. The molecule has 0 radical (unpaired) electrons. The third-order valence-corrected chi connectivity index (χ3v) is 4.12. The molecule has 0 aliphatic heterocycles. The van der Waals surface area contributed by atoms with Gasteiger partial charge >= 0.3 is 0 Å². The number of hydrogen-bond donors (Lipinski definition) is 2. The summed E-state index contributed by atoms with van der Waals surface area (Å²) in [5, 5.41) is 5.39. The highest BCUT2D eigenvalue weighted by molar-refractivity contribution is 5.96. The first-order chi connectivity index (χ1) is 12.4. The van der Waals surface area contributed by atoms with Gasteiger partial charge in [-0.15, -0.1) is 0 Å². The van der Waals surface area contributed by atoms with E-state index in [4.69, 9.17) is 9.47 Å². The molecule has 0 unspecified atom stereocenters. The molecule has 138 valence electrons. The van der Waals surface area contributed by atoms with E-state index in [1.54, 1.807) is 32.4 Å². The zero-order chi connectivity index (χ0) is 19.1. The van der Waals surface area contributed by atoms with Gasteiger partial charge in [0.2, 0.25) is 5.91 Å². The lowest BCUT2D eigenvalue weighted by molar-refractivity contribution is -0.120. The van der Waals surface area contributed by atoms with Crippen molar-refractivity contribution in [2.24, 2.45) is 0 Å². The average molecular weight is 356 g/mol. The fourth-order valence-electron chi connectivity index (χ4n) is 2.40. The molecule has 6 nitrogen and oxygen atoms in total. The van der Waals surface area contributed by atoms with Crippen molar-refractivity contribution in [3.05, 3.63) is 58.7 Å². The Kier molecular flexibility index (Phi) is 6.60. The molecule has 0 fully saturated rings. The maximum absolute atomic E-state index is 12.1. The molecule has 0 heterocycles. The van der Waals surface area contributed by atoms with Crippen molar-refractivity contribution in [3.8, 4) is 11.5 Å². The zero-order valence-electron chi connectivity index (χ0n) is 15.5. The second-order valence-corrected chi connectivity index (χ2v) is 5.95. The van der Waals surface area contributed by atoms with Crippen molar-refractivity contribution in [2.75, 3.05) is 20.8 Å². The molecule has 0 bridgehead atoms. The number of aryl methyl sites for hydroxylation is 2. The first-order valence-corrected chi connectivity index (χ1v) is 8.27. The zero-order valence-corrected chi connectivity index (χ0v) is 15.5. The van der Waals surface area contributed by atoms with Crippen molar-refractivity contribution in [1.29, 1.82) is 0 Å². The Labute approximate surface area is 153 Å². The molecular weight excluding hydrogens is 332 g/mol. The number of nitrogens with one attached hydrogen (secondary N) is 2. The normalized spacial score (nSPS) is 10.2. The second-order valence-electron chi connectivity index (χ2n) is 5.95. The minimum absolute atomic E-state index is 0.0843. The summed E-state index contributed by atoms with van der Waals surface area (Å²) < 4.78 is 10.4. The van der Waals surface area contributed by atoms with Gasteiger partial charge in [-0.05, 0) is 54.8 Å². The van der Waals surface area contributed by atoms with E-state index >= 15 is 0 Å². The molecule has 0 saturated carbocycles. The Morgan fingerprint density at radius 3 is 2.27 bits per heavy atom. The van der Waals surface area contributed by atoms with E-state index in [2.05, 4.69) is 10.6 Å². The van der Waals surface area contributed by atoms with Crippen molar-refractivity contribution >= 4 is 11.8 Å². The van der Waals surface area contributed by atoms with E-state index in [0.717, 1.165) is 16.7 Å². The molecule has 0 spiro atoms. The van der Waals surface area contributed by atoms with E-state index in [1.165, 1.54) is 0 Å². The highest BCUT2D eigenvalue weighted by Crippen LogP contribution is 2.27. The second kappa shape index (κ2) is 8.89. The Balaban J connectivity index is 1.85. The predicted molar refractivity (Wildman–Crippen MR) is 99.6 cm³/mol. The van der Waals surface area contributed by atoms with Crippen LogP contribution in [0.2, 0.25) is 0 Å². The van der Waals surface area contributed by atoms with E-state index in [9.17, 15) is 9.59 Å². The van der Waals surface area contributed by atoms with Gasteiger partial charge in [0.1, 0.15) is 0 Å². The highest BCUT2D eigenvalue weighted by Gasteiger charge is 2.10. The molecule has 2 rings (SSSR count). The number of rotatable bonds is 7. The molecular formula is C20H24N2O4. The molecule has 0 aliphatic rings. The minimum atomic E-state index is -0.269. The monoisotopic (exact) mass is 356 g/mol. The van der Waals surface area contributed by atoms with Gasteiger partial charge in [0.05, 0.1) is 20.8 Å². The molecule has 2 aromatic rings. The minimum Gasteiger partial charge on any atom is -0.493 e. The van der Waals surface area contributed by atoms with Crippen LogP contribution in [0, 0.1) is 13.8 Å². The van der Waals surface area contributed by atoms with E-state index < -0.39 is 0 Å². The van der Waals surface area contributed by atoms with Crippen LogP contribution in [0.4, 0.5) is 0 Å². The van der Waals surface area contributed by atoms with Crippen molar-refractivity contribution in [3.63, 3.8) is 0 Å². The number of carbonyl (C=O) groups excluding carboxylic acids is 2. The summed E-state index contributed by atoms with van der Waals surface area (Å²) in [6.45, 7) is 4.18. The van der Waals surface area contributed by atoms with E-state index in [1.807, 2.05) is 32.0 Å². The number of amides is 2. The first-order valence-electron chi connectivity index (χ1n) is 8.27. The van der Waals surface area contributed by atoms with Crippen LogP contribution in [-0.4, -0.2) is 32.6 Å². The van der Waals surface area contributed by atoms with E-state index in [-0.39, 0.29) is 18.4 Å². The molecule has 0 aromatic heterocycles. The number of ether oxygens (including phenoxy) is 2. The van der Waals surface area contributed by atoms with Gasteiger partial charge in [-0.3, -0.25) is 9.59 Å². The molecule has 0 atom stereocenters. The largest absolute Gasteiger partial charge is 0.493 e.